The zero-order valence-corrected chi connectivity index (χ0v) is 11.7. The van der Waals surface area contributed by atoms with E-state index in [2.05, 4.69) is 5.32 Å². The largest absolute Gasteiger partial charge is 0.465 e. The topological polar surface area (TPSA) is 64.3 Å². The van der Waals surface area contributed by atoms with E-state index in [0.717, 1.165) is 11.3 Å². The first kappa shape index (κ1) is 13.7. The van der Waals surface area contributed by atoms with Crippen molar-refractivity contribution in [3.63, 3.8) is 0 Å². The van der Waals surface area contributed by atoms with E-state index in [1.54, 1.807) is 6.07 Å². The maximum Gasteiger partial charge on any atom is 0.338 e. The number of nitrogens with two attached hydrogens (primary N) is 1. The molecule has 1 aromatic rings. The number of methoxy groups -OCH3 is 1. The lowest BCUT2D eigenvalue weighted by Crippen LogP contribution is -2.23. The van der Waals surface area contributed by atoms with E-state index in [4.69, 9.17) is 10.5 Å². The summed E-state index contributed by atoms with van der Waals surface area (Å²) in [4.78, 5) is 11.6. The second-order valence-electron chi connectivity index (χ2n) is 5.17. The van der Waals surface area contributed by atoms with Crippen molar-refractivity contribution >= 4 is 17.3 Å². The summed E-state index contributed by atoms with van der Waals surface area (Å²) in [6.07, 6.45) is 6.26. The van der Waals surface area contributed by atoms with Gasteiger partial charge in [-0.15, -0.1) is 0 Å². The molecule has 0 unspecified atom stereocenters. The molecule has 0 saturated heterocycles. The Bertz CT molecular complexity index is 465. The van der Waals surface area contributed by atoms with Crippen LogP contribution >= 0.6 is 0 Å². The van der Waals surface area contributed by atoms with Crippen LogP contribution in [0.15, 0.2) is 12.1 Å². The van der Waals surface area contributed by atoms with Gasteiger partial charge in [0.05, 0.1) is 24.0 Å². The van der Waals surface area contributed by atoms with Crippen LogP contribution in [0.2, 0.25) is 0 Å². The Balaban J connectivity index is 2.18. The van der Waals surface area contributed by atoms with Crippen LogP contribution in [0.3, 0.4) is 0 Å². The van der Waals surface area contributed by atoms with E-state index in [1.165, 1.54) is 39.2 Å². The lowest BCUT2D eigenvalue weighted by Gasteiger charge is -2.25. The third kappa shape index (κ3) is 3.00. The first-order valence-corrected chi connectivity index (χ1v) is 6.87. The zero-order valence-electron chi connectivity index (χ0n) is 11.7. The Morgan fingerprint density at radius 2 is 2.00 bits per heavy atom. The van der Waals surface area contributed by atoms with Crippen molar-refractivity contribution in [2.45, 2.75) is 45.1 Å². The highest BCUT2D eigenvalue weighted by Crippen LogP contribution is 2.29. The fourth-order valence-electron chi connectivity index (χ4n) is 2.65. The molecular weight excluding hydrogens is 240 g/mol. The van der Waals surface area contributed by atoms with Gasteiger partial charge in [-0.25, -0.2) is 4.79 Å². The molecule has 0 atom stereocenters. The first-order valence-electron chi connectivity index (χ1n) is 6.87. The minimum atomic E-state index is -0.339. The van der Waals surface area contributed by atoms with Crippen LogP contribution in [0.5, 0.6) is 0 Å². The van der Waals surface area contributed by atoms with Crippen LogP contribution in [-0.4, -0.2) is 19.1 Å². The average molecular weight is 262 g/mol. The van der Waals surface area contributed by atoms with Crippen LogP contribution in [-0.2, 0) is 4.74 Å². The Hall–Kier alpha value is -1.71. The Kier molecular flexibility index (Phi) is 4.30. The highest BCUT2D eigenvalue weighted by molar-refractivity contribution is 5.94. The van der Waals surface area contributed by atoms with E-state index in [0.29, 0.717) is 17.3 Å². The lowest BCUT2D eigenvalue weighted by atomic mass is 9.95. The van der Waals surface area contributed by atoms with Crippen molar-refractivity contribution in [1.29, 1.82) is 0 Å². The SMILES string of the molecule is COC(=O)c1ccc(NC2CCCCC2)c(N)c1C. The predicted molar refractivity (Wildman–Crippen MR) is 77.4 cm³/mol. The molecule has 0 bridgehead atoms. The average Bonchev–Trinajstić information content (AvgIpc) is 2.44. The fourth-order valence-corrected chi connectivity index (χ4v) is 2.65. The van der Waals surface area contributed by atoms with Gasteiger partial charge in [0, 0.05) is 6.04 Å². The van der Waals surface area contributed by atoms with Gasteiger partial charge in [-0.1, -0.05) is 19.3 Å². The monoisotopic (exact) mass is 262 g/mol. The first-order chi connectivity index (χ1) is 9.13. The molecular formula is C15H22N2O2. The molecule has 0 spiro atoms. The number of nitrogens with one attached hydrogen (secondary N) is 1. The summed E-state index contributed by atoms with van der Waals surface area (Å²) in [6, 6.07) is 4.16. The van der Waals surface area contributed by atoms with Gasteiger partial charge in [0.25, 0.3) is 0 Å². The van der Waals surface area contributed by atoms with Gasteiger partial charge in [-0.3, -0.25) is 0 Å². The maximum atomic E-state index is 11.6. The number of benzene rings is 1. The van der Waals surface area contributed by atoms with E-state index in [9.17, 15) is 4.79 Å². The minimum absolute atomic E-state index is 0.339. The van der Waals surface area contributed by atoms with Gasteiger partial charge in [0.2, 0.25) is 0 Å². The van der Waals surface area contributed by atoms with Crippen molar-refractivity contribution in [2.75, 3.05) is 18.2 Å². The normalized spacial score (nSPS) is 16.1. The molecule has 0 aliphatic heterocycles. The van der Waals surface area contributed by atoms with Crippen molar-refractivity contribution in [3.05, 3.63) is 23.3 Å². The second-order valence-corrected chi connectivity index (χ2v) is 5.17. The molecule has 0 heterocycles. The number of nitrogen functional groups attached to an aromatic ring is 1. The second kappa shape index (κ2) is 5.95. The number of hydrogen-bond acceptors (Lipinski definition) is 4. The molecule has 1 aromatic carbocycles. The Labute approximate surface area is 114 Å². The van der Waals surface area contributed by atoms with Gasteiger partial charge in [-0.2, -0.15) is 0 Å². The Morgan fingerprint density at radius 3 is 2.63 bits per heavy atom. The summed E-state index contributed by atoms with van der Waals surface area (Å²) in [6.45, 7) is 1.85. The van der Waals surface area contributed by atoms with Crippen LogP contribution in [0.25, 0.3) is 0 Å². The number of carbonyl (C=O) groups excluding carboxylic acids is 1. The Morgan fingerprint density at radius 1 is 1.32 bits per heavy atom. The van der Waals surface area contributed by atoms with Crippen molar-refractivity contribution in [1.82, 2.24) is 0 Å². The molecule has 1 aliphatic rings. The van der Waals surface area contributed by atoms with E-state index < -0.39 is 0 Å². The molecule has 1 saturated carbocycles. The molecule has 19 heavy (non-hydrogen) atoms. The molecule has 2 rings (SSSR count). The number of rotatable bonds is 3. The molecule has 3 N–H and O–H groups in total. The third-order valence-electron chi connectivity index (χ3n) is 3.88. The molecule has 4 heteroatoms. The van der Waals surface area contributed by atoms with Gasteiger partial charge < -0.3 is 15.8 Å². The van der Waals surface area contributed by atoms with Crippen molar-refractivity contribution in [2.24, 2.45) is 0 Å². The highest BCUT2D eigenvalue weighted by atomic mass is 16.5. The number of esters is 1. The van der Waals surface area contributed by atoms with Gasteiger partial charge in [-0.05, 0) is 37.5 Å². The van der Waals surface area contributed by atoms with Crippen molar-refractivity contribution in [3.8, 4) is 0 Å². The summed E-state index contributed by atoms with van der Waals surface area (Å²) >= 11 is 0. The smallest absolute Gasteiger partial charge is 0.338 e. The molecule has 4 nitrogen and oxygen atoms in total. The predicted octanol–water partition coefficient (Wildman–Crippen LogP) is 3.11. The minimum Gasteiger partial charge on any atom is -0.465 e. The zero-order chi connectivity index (χ0) is 13.8. The van der Waals surface area contributed by atoms with Crippen LogP contribution in [0.4, 0.5) is 11.4 Å². The molecule has 1 fully saturated rings. The number of hydrogen-bond donors (Lipinski definition) is 2. The van der Waals surface area contributed by atoms with Crippen molar-refractivity contribution < 1.29 is 9.53 Å². The summed E-state index contributed by atoms with van der Waals surface area (Å²) in [7, 11) is 1.38. The number of carbonyl (C=O) groups is 1. The highest BCUT2D eigenvalue weighted by Gasteiger charge is 2.17. The quantitative estimate of drug-likeness (QED) is 0.649. The summed E-state index contributed by atoms with van der Waals surface area (Å²) in [5.74, 6) is -0.339. The van der Waals surface area contributed by atoms with Crippen LogP contribution in [0, 0.1) is 6.92 Å². The fraction of sp³-hybridized carbons (Fsp3) is 0.533. The van der Waals surface area contributed by atoms with Gasteiger partial charge in [0.15, 0.2) is 0 Å². The van der Waals surface area contributed by atoms with Crippen LogP contribution in [0.1, 0.15) is 48.0 Å². The van der Waals surface area contributed by atoms with E-state index in [1.807, 2.05) is 13.0 Å². The molecule has 104 valence electrons. The van der Waals surface area contributed by atoms with Crippen LogP contribution < -0.4 is 11.1 Å². The molecule has 0 aromatic heterocycles. The molecule has 0 amide bonds. The summed E-state index contributed by atoms with van der Waals surface area (Å²) in [5.41, 5.74) is 9.02. The third-order valence-corrected chi connectivity index (χ3v) is 3.88. The summed E-state index contributed by atoms with van der Waals surface area (Å²) < 4.78 is 4.75. The molecule has 1 aliphatic carbocycles. The van der Waals surface area contributed by atoms with Gasteiger partial charge in [0.1, 0.15) is 0 Å². The maximum absolute atomic E-state index is 11.6. The molecule has 0 radical (unpaired) electrons. The standard InChI is InChI=1S/C15H22N2O2/c1-10-12(15(18)19-2)8-9-13(14(10)16)17-11-6-4-3-5-7-11/h8-9,11,17H,3-7,16H2,1-2H3. The summed E-state index contributed by atoms with van der Waals surface area (Å²) in [5, 5.41) is 3.50. The lowest BCUT2D eigenvalue weighted by molar-refractivity contribution is 0.0600. The van der Waals surface area contributed by atoms with Gasteiger partial charge >= 0.3 is 5.97 Å². The van der Waals surface area contributed by atoms with E-state index >= 15 is 0 Å². The van der Waals surface area contributed by atoms with E-state index in [-0.39, 0.29) is 5.97 Å². The number of ether oxygens (including phenoxy) is 1. The number of anilines is 2.